The van der Waals surface area contributed by atoms with E-state index in [-0.39, 0.29) is 5.56 Å². The van der Waals surface area contributed by atoms with Crippen LogP contribution in [0.2, 0.25) is 0 Å². The minimum atomic E-state index is -1.41. The number of hydrogen-bond donors (Lipinski definition) is 1. The first-order valence-corrected chi connectivity index (χ1v) is 5.20. The minimum Gasteiger partial charge on any atom is -0.475 e. The molecule has 1 aromatic rings. The summed E-state index contributed by atoms with van der Waals surface area (Å²) in [7, 11) is 0. The molecule has 0 aliphatic carbocycles. The highest BCUT2D eigenvalue weighted by atomic mass is 79.9. The first kappa shape index (κ1) is 10.9. The Bertz CT molecular complexity index is 360. The third-order valence-electron chi connectivity index (χ3n) is 1.82. The summed E-state index contributed by atoms with van der Waals surface area (Å²) in [6.45, 7) is 0. The summed E-state index contributed by atoms with van der Waals surface area (Å²) in [5.74, 6) is -2.26. The van der Waals surface area contributed by atoms with Crippen LogP contribution in [0.5, 0.6) is 0 Å². The van der Waals surface area contributed by atoms with Crippen LogP contribution in [0.1, 0.15) is 15.9 Å². The van der Waals surface area contributed by atoms with Gasteiger partial charge in [-0.1, -0.05) is 40.2 Å². The Morgan fingerprint density at radius 1 is 1.29 bits per heavy atom. The molecule has 1 N–H and O–H groups in total. The van der Waals surface area contributed by atoms with Crippen molar-refractivity contribution in [3.8, 4) is 0 Å². The van der Waals surface area contributed by atoms with E-state index in [1.807, 2.05) is 0 Å². The third kappa shape index (κ3) is 2.42. The zero-order chi connectivity index (χ0) is 10.6. The standard InChI is InChI=1S/C10H9BrO3/c11-6-5-7-3-1-2-4-8(7)9(12)10(13)14/h1-4H,5-6H2,(H,13,14). The van der Waals surface area contributed by atoms with Crippen molar-refractivity contribution in [3.05, 3.63) is 35.4 Å². The van der Waals surface area contributed by atoms with Crippen molar-refractivity contribution in [3.63, 3.8) is 0 Å². The smallest absolute Gasteiger partial charge is 0.377 e. The molecule has 0 bridgehead atoms. The van der Waals surface area contributed by atoms with Crippen molar-refractivity contribution >= 4 is 27.7 Å². The molecule has 0 saturated heterocycles. The average Bonchev–Trinajstić information content (AvgIpc) is 2.18. The number of aryl methyl sites for hydroxylation is 1. The van der Waals surface area contributed by atoms with Crippen LogP contribution in [0, 0.1) is 0 Å². The topological polar surface area (TPSA) is 54.4 Å². The van der Waals surface area contributed by atoms with E-state index < -0.39 is 11.8 Å². The second-order valence-electron chi connectivity index (χ2n) is 2.73. The van der Waals surface area contributed by atoms with Crippen molar-refractivity contribution < 1.29 is 14.7 Å². The van der Waals surface area contributed by atoms with Crippen LogP contribution < -0.4 is 0 Å². The molecule has 14 heavy (non-hydrogen) atoms. The molecule has 0 radical (unpaired) electrons. The molecule has 0 atom stereocenters. The van der Waals surface area contributed by atoms with Crippen molar-refractivity contribution in [1.29, 1.82) is 0 Å². The lowest BCUT2D eigenvalue weighted by Gasteiger charge is -2.03. The first-order chi connectivity index (χ1) is 6.66. The van der Waals surface area contributed by atoms with Crippen LogP contribution in [0.4, 0.5) is 0 Å². The molecule has 0 aromatic heterocycles. The molecule has 1 aromatic carbocycles. The molecular weight excluding hydrogens is 248 g/mol. The lowest BCUT2D eigenvalue weighted by atomic mass is 10.0. The van der Waals surface area contributed by atoms with Crippen LogP contribution in [-0.4, -0.2) is 22.2 Å². The van der Waals surface area contributed by atoms with Crippen LogP contribution >= 0.6 is 15.9 Å². The lowest BCUT2D eigenvalue weighted by Crippen LogP contribution is -2.15. The van der Waals surface area contributed by atoms with E-state index in [1.165, 1.54) is 6.07 Å². The van der Waals surface area contributed by atoms with Gasteiger partial charge in [-0.2, -0.15) is 0 Å². The average molecular weight is 257 g/mol. The van der Waals surface area contributed by atoms with Gasteiger partial charge < -0.3 is 5.11 Å². The molecule has 0 fully saturated rings. The van der Waals surface area contributed by atoms with Gasteiger partial charge in [0.25, 0.3) is 5.78 Å². The Morgan fingerprint density at radius 2 is 1.93 bits per heavy atom. The van der Waals surface area contributed by atoms with E-state index in [0.29, 0.717) is 11.8 Å². The summed E-state index contributed by atoms with van der Waals surface area (Å²) < 4.78 is 0. The molecule has 4 heteroatoms. The quantitative estimate of drug-likeness (QED) is 0.509. The van der Waals surface area contributed by atoms with Gasteiger partial charge in [-0.05, 0) is 12.0 Å². The number of rotatable bonds is 4. The van der Waals surface area contributed by atoms with Gasteiger partial charge >= 0.3 is 5.97 Å². The molecule has 74 valence electrons. The van der Waals surface area contributed by atoms with Gasteiger partial charge in [-0.3, -0.25) is 4.79 Å². The van der Waals surface area contributed by atoms with Gasteiger partial charge in [0.2, 0.25) is 0 Å². The predicted octanol–water partition coefficient (Wildman–Crippen LogP) is 1.89. The van der Waals surface area contributed by atoms with E-state index in [0.717, 1.165) is 5.56 Å². The number of halogens is 1. The van der Waals surface area contributed by atoms with Crippen LogP contribution in [0.15, 0.2) is 24.3 Å². The summed E-state index contributed by atoms with van der Waals surface area (Å²) >= 11 is 3.25. The SMILES string of the molecule is O=C(O)C(=O)c1ccccc1CCBr. The van der Waals surface area contributed by atoms with Gasteiger partial charge in [-0.15, -0.1) is 0 Å². The Morgan fingerprint density at radius 3 is 2.50 bits per heavy atom. The molecule has 0 unspecified atom stereocenters. The number of carbonyl (C=O) groups is 2. The summed E-state index contributed by atoms with van der Waals surface area (Å²) in [6, 6.07) is 6.75. The van der Waals surface area contributed by atoms with Crippen molar-refractivity contribution in [2.75, 3.05) is 5.33 Å². The van der Waals surface area contributed by atoms with Crippen LogP contribution in [-0.2, 0) is 11.2 Å². The maximum absolute atomic E-state index is 11.2. The highest BCUT2D eigenvalue weighted by molar-refractivity contribution is 9.09. The zero-order valence-electron chi connectivity index (χ0n) is 7.37. The molecular formula is C10H9BrO3. The lowest BCUT2D eigenvalue weighted by molar-refractivity contribution is -0.131. The van der Waals surface area contributed by atoms with E-state index in [1.54, 1.807) is 18.2 Å². The molecule has 0 saturated carbocycles. The maximum Gasteiger partial charge on any atom is 0.377 e. The van der Waals surface area contributed by atoms with Crippen molar-refractivity contribution in [2.24, 2.45) is 0 Å². The molecule has 0 heterocycles. The number of carbonyl (C=O) groups excluding carboxylic acids is 1. The normalized spacial score (nSPS) is 9.79. The number of Topliss-reactive ketones (excluding diaryl/α,β-unsaturated/α-hetero) is 1. The van der Waals surface area contributed by atoms with Gasteiger partial charge in [-0.25, -0.2) is 4.79 Å². The predicted molar refractivity (Wildman–Crippen MR) is 55.9 cm³/mol. The number of aliphatic carboxylic acids is 1. The molecule has 3 nitrogen and oxygen atoms in total. The van der Waals surface area contributed by atoms with Crippen molar-refractivity contribution in [2.45, 2.75) is 6.42 Å². The summed E-state index contributed by atoms with van der Waals surface area (Å²) in [5, 5.41) is 9.27. The number of benzene rings is 1. The van der Waals surface area contributed by atoms with Crippen LogP contribution in [0.25, 0.3) is 0 Å². The monoisotopic (exact) mass is 256 g/mol. The number of hydrogen-bond acceptors (Lipinski definition) is 2. The molecule has 0 amide bonds. The zero-order valence-corrected chi connectivity index (χ0v) is 8.95. The second-order valence-corrected chi connectivity index (χ2v) is 3.52. The fraction of sp³-hybridized carbons (Fsp3) is 0.200. The van der Waals surface area contributed by atoms with E-state index in [9.17, 15) is 9.59 Å². The highest BCUT2D eigenvalue weighted by Crippen LogP contribution is 2.11. The van der Waals surface area contributed by atoms with Gasteiger partial charge in [0.15, 0.2) is 0 Å². The molecule has 0 aliphatic heterocycles. The summed E-state index contributed by atoms with van der Waals surface area (Å²) in [6.07, 6.45) is 0.648. The highest BCUT2D eigenvalue weighted by Gasteiger charge is 2.17. The number of alkyl halides is 1. The minimum absolute atomic E-state index is 0.277. The number of ketones is 1. The largest absolute Gasteiger partial charge is 0.475 e. The summed E-state index contributed by atoms with van der Waals surface area (Å²) in [4.78, 5) is 21.7. The van der Waals surface area contributed by atoms with E-state index in [2.05, 4.69) is 15.9 Å². The maximum atomic E-state index is 11.2. The Balaban J connectivity index is 3.06. The van der Waals surface area contributed by atoms with Crippen LogP contribution in [0.3, 0.4) is 0 Å². The Kier molecular flexibility index (Phi) is 3.83. The molecule has 0 aliphatic rings. The fourth-order valence-corrected chi connectivity index (χ4v) is 1.60. The summed E-state index contributed by atoms with van der Waals surface area (Å²) in [5.41, 5.74) is 1.04. The Labute approximate surface area is 89.9 Å². The number of carboxylic acid groups (broad SMARTS) is 1. The first-order valence-electron chi connectivity index (χ1n) is 4.08. The van der Waals surface area contributed by atoms with E-state index >= 15 is 0 Å². The van der Waals surface area contributed by atoms with Gasteiger partial charge in [0, 0.05) is 10.9 Å². The second kappa shape index (κ2) is 4.91. The third-order valence-corrected chi connectivity index (χ3v) is 2.22. The fourth-order valence-electron chi connectivity index (χ4n) is 1.18. The van der Waals surface area contributed by atoms with Gasteiger partial charge in [0.05, 0.1) is 0 Å². The number of carboxylic acids is 1. The molecule has 1 rings (SSSR count). The molecule has 0 spiro atoms. The van der Waals surface area contributed by atoms with Gasteiger partial charge in [0.1, 0.15) is 0 Å². The van der Waals surface area contributed by atoms with Crippen molar-refractivity contribution in [1.82, 2.24) is 0 Å². The Hall–Kier alpha value is -1.16. The van der Waals surface area contributed by atoms with E-state index in [4.69, 9.17) is 5.11 Å².